The van der Waals surface area contributed by atoms with Gasteiger partial charge in [0.1, 0.15) is 5.82 Å². The summed E-state index contributed by atoms with van der Waals surface area (Å²) < 4.78 is 2.03. The quantitative estimate of drug-likeness (QED) is 0.794. The van der Waals surface area contributed by atoms with Crippen molar-refractivity contribution in [1.82, 2.24) is 14.7 Å². The second-order valence-corrected chi connectivity index (χ2v) is 5.99. The van der Waals surface area contributed by atoms with Gasteiger partial charge in [-0.2, -0.15) is 5.10 Å². The van der Waals surface area contributed by atoms with E-state index in [4.69, 9.17) is 0 Å². The van der Waals surface area contributed by atoms with Gasteiger partial charge in [0, 0.05) is 50.2 Å². The molecule has 0 aromatic carbocycles. The average Bonchev–Trinajstić information content (AvgIpc) is 2.72. The zero-order chi connectivity index (χ0) is 14.0. The van der Waals surface area contributed by atoms with Crippen LogP contribution in [0, 0.1) is 6.92 Å². The Balaban J connectivity index is 2.09. The molecule has 1 aromatic rings. The molecule has 0 saturated carbocycles. The summed E-state index contributed by atoms with van der Waals surface area (Å²) in [5.41, 5.74) is 2.47. The van der Waals surface area contributed by atoms with Crippen LogP contribution in [0.25, 0.3) is 0 Å². The van der Waals surface area contributed by atoms with Crippen molar-refractivity contribution in [1.29, 1.82) is 0 Å². The third-order valence-corrected chi connectivity index (χ3v) is 4.84. The van der Waals surface area contributed by atoms with E-state index in [0.29, 0.717) is 6.04 Å². The maximum atomic E-state index is 4.56. The van der Waals surface area contributed by atoms with Gasteiger partial charge in [-0.25, -0.2) is 0 Å². The smallest absolute Gasteiger partial charge is 0.130 e. The van der Waals surface area contributed by atoms with Crippen LogP contribution in [0.4, 0.5) is 5.82 Å². The molecule has 1 fully saturated rings. The molecule has 0 amide bonds. The van der Waals surface area contributed by atoms with Crippen molar-refractivity contribution in [2.24, 2.45) is 7.05 Å². The molecule has 1 aliphatic heterocycles. The van der Waals surface area contributed by atoms with Crippen LogP contribution >= 0.6 is 15.9 Å². The lowest BCUT2D eigenvalue weighted by Crippen LogP contribution is -2.50. The van der Waals surface area contributed by atoms with Gasteiger partial charge in [-0.3, -0.25) is 9.58 Å². The highest BCUT2D eigenvalue weighted by Crippen LogP contribution is 2.26. The summed E-state index contributed by atoms with van der Waals surface area (Å²) in [5, 5.41) is 5.44. The molecule has 1 saturated heterocycles. The van der Waals surface area contributed by atoms with Crippen LogP contribution in [-0.2, 0) is 12.4 Å². The zero-order valence-electron chi connectivity index (χ0n) is 12.5. The normalized spacial score (nSPS) is 18.9. The van der Waals surface area contributed by atoms with Crippen molar-refractivity contribution in [2.75, 3.05) is 31.1 Å². The van der Waals surface area contributed by atoms with Crippen molar-refractivity contribution in [3.63, 3.8) is 0 Å². The van der Waals surface area contributed by atoms with E-state index < -0.39 is 0 Å². The highest BCUT2D eigenvalue weighted by molar-refractivity contribution is 9.08. The van der Waals surface area contributed by atoms with E-state index in [-0.39, 0.29) is 0 Å². The van der Waals surface area contributed by atoms with Crippen molar-refractivity contribution in [2.45, 2.75) is 38.6 Å². The van der Waals surface area contributed by atoms with Crippen LogP contribution < -0.4 is 4.90 Å². The van der Waals surface area contributed by atoms with E-state index in [9.17, 15) is 0 Å². The van der Waals surface area contributed by atoms with Gasteiger partial charge in [0.25, 0.3) is 0 Å². The standard InChI is InChI=1S/C14H25BrN4/c1-5-11(2)18-6-8-19(9-7-18)14-13(10-15)12(3)16-17(14)4/h11H,5-10H2,1-4H3. The van der Waals surface area contributed by atoms with Gasteiger partial charge in [0.15, 0.2) is 0 Å². The van der Waals surface area contributed by atoms with Crippen LogP contribution in [0.2, 0.25) is 0 Å². The van der Waals surface area contributed by atoms with Crippen molar-refractivity contribution < 1.29 is 0 Å². The van der Waals surface area contributed by atoms with Crippen LogP contribution in [0.5, 0.6) is 0 Å². The molecule has 1 aliphatic rings. The van der Waals surface area contributed by atoms with Crippen molar-refractivity contribution in [3.05, 3.63) is 11.3 Å². The van der Waals surface area contributed by atoms with E-state index >= 15 is 0 Å². The van der Waals surface area contributed by atoms with Crippen molar-refractivity contribution >= 4 is 21.7 Å². The largest absolute Gasteiger partial charge is 0.354 e. The monoisotopic (exact) mass is 328 g/mol. The lowest BCUT2D eigenvalue weighted by molar-refractivity contribution is 0.192. The molecule has 0 spiro atoms. The lowest BCUT2D eigenvalue weighted by Gasteiger charge is -2.39. The second kappa shape index (κ2) is 6.27. The van der Waals surface area contributed by atoms with Gasteiger partial charge in [-0.1, -0.05) is 22.9 Å². The number of hydrogen-bond donors (Lipinski definition) is 0. The molecule has 1 unspecified atom stereocenters. The minimum atomic E-state index is 0.700. The lowest BCUT2D eigenvalue weighted by atomic mass is 10.2. The Morgan fingerprint density at radius 2 is 1.89 bits per heavy atom. The number of aryl methyl sites for hydroxylation is 2. The number of aromatic nitrogens is 2. The first-order valence-electron chi connectivity index (χ1n) is 7.15. The first kappa shape index (κ1) is 14.9. The molecular formula is C14H25BrN4. The third-order valence-electron chi connectivity index (χ3n) is 4.27. The van der Waals surface area contributed by atoms with Crippen molar-refractivity contribution in [3.8, 4) is 0 Å². The van der Waals surface area contributed by atoms with Crippen LogP contribution in [0.15, 0.2) is 0 Å². The molecule has 1 aromatic heterocycles. The fourth-order valence-electron chi connectivity index (χ4n) is 2.87. The molecule has 2 rings (SSSR count). The number of nitrogens with zero attached hydrogens (tertiary/aromatic N) is 4. The Morgan fingerprint density at radius 3 is 2.42 bits per heavy atom. The number of rotatable bonds is 4. The van der Waals surface area contributed by atoms with Crippen LogP contribution in [0.1, 0.15) is 31.5 Å². The molecule has 4 nitrogen and oxygen atoms in total. The molecule has 108 valence electrons. The van der Waals surface area contributed by atoms with E-state index in [1.807, 2.05) is 4.68 Å². The summed E-state index contributed by atoms with van der Waals surface area (Å²) in [6.07, 6.45) is 1.23. The van der Waals surface area contributed by atoms with E-state index in [0.717, 1.165) is 37.2 Å². The summed E-state index contributed by atoms with van der Waals surface area (Å²) in [6, 6.07) is 0.700. The van der Waals surface area contributed by atoms with E-state index in [1.165, 1.54) is 17.8 Å². The van der Waals surface area contributed by atoms with Gasteiger partial charge < -0.3 is 4.90 Å². The summed E-state index contributed by atoms with van der Waals surface area (Å²) in [6.45, 7) is 11.2. The van der Waals surface area contributed by atoms with Gasteiger partial charge in [0.2, 0.25) is 0 Å². The number of anilines is 1. The Labute approximate surface area is 124 Å². The van der Waals surface area contributed by atoms with Gasteiger partial charge in [0.05, 0.1) is 5.69 Å². The minimum Gasteiger partial charge on any atom is -0.354 e. The average molecular weight is 329 g/mol. The molecule has 5 heteroatoms. The predicted octanol–water partition coefficient (Wildman–Crippen LogP) is 2.54. The number of alkyl halides is 1. The molecule has 0 radical (unpaired) electrons. The fourth-order valence-corrected chi connectivity index (χ4v) is 3.53. The Morgan fingerprint density at radius 1 is 1.26 bits per heavy atom. The second-order valence-electron chi connectivity index (χ2n) is 5.43. The maximum absolute atomic E-state index is 4.56. The highest BCUT2D eigenvalue weighted by Gasteiger charge is 2.24. The van der Waals surface area contributed by atoms with Gasteiger partial charge in [-0.05, 0) is 20.3 Å². The highest BCUT2D eigenvalue weighted by atomic mass is 79.9. The molecular weight excluding hydrogens is 304 g/mol. The Hall–Kier alpha value is -0.550. The summed E-state index contributed by atoms with van der Waals surface area (Å²) in [5.74, 6) is 1.29. The SMILES string of the molecule is CCC(C)N1CCN(c2c(CBr)c(C)nn2C)CC1. The molecule has 0 bridgehead atoms. The fraction of sp³-hybridized carbons (Fsp3) is 0.786. The summed E-state index contributed by atoms with van der Waals surface area (Å²) in [7, 11) is 2.05. The van der Waals surface area contributed by atoms with Crippen LogP contribution in [0.3, 0.4) is 0 Å². The number of piperazine rings is 1. The Bertz CT molecular complexity index is 421. The third kappa shape index (κ3) is 2.97. The van der Waals surface area contributed by atoms with Gasteiger partial charge in [-0.15, -0.1) is 0 Å². The summed E-state index contributed by atoms with van der Waals surface area (Å²) >= 11 is 3.59. The minimum absolute atomic E-state index is 0.700. The summed E-state index contributed by atoms with van der Waals surface area (Å²) in [4.78, 5) is 5.07. The Kier molecular flexibility index (Phi) is 4.90. The molecule has 19 heavy (non-hydrogen) atoms. The molecule has 0 N–H and O–H groups in total. The van der Waals surface area contributed by atoms with Gasteiger partial charge >= 0.3 is 0 Å². The predicted molar refractivity (Wildman–Crippen MR) is 84.1 cm³/mol. The topological polar surface area (TPSA) is 24.3 Å². The first-order chi connectivity index (χ1) is 9.08. The number of hydrogen-bond acceptors (Lipinski definition) is 3. The maximum Gasteiger partial charge on any atom is 0.130 e. The van der Waals surface area contributed by atoms with Crippen LogP contribution in [-0.4, -0.2) is 46.9 Å². The zero-order valence-corrected chi connectivity index (χ0v) is 14.1. The molecule has 1 atom stereocenters. The van der Waals surface area contributed by atoms with E-state index in [2.05, 4.69) is 58.6 Å². The number of halogens is 1. The first-order valence-corrected chi connectivity index (χ1v) is 8.28. The molecule has 0 aliphatic carbocycles. The molecule has 2 heterocycles. The van der Waals surface area contributed by atoms with E-state index in [1.54, 1.807) is 0 Å².